The van der Waals surface area contributed by atoms with Gasteiger partial charge in [-0.25, -0.2) is 9.78 Å². The van der Waals surface area contributed by atoms with Crippen LogP contribution in [-0.2, 0) is 31.9 Å². The number of benzene rings is 1. The second-order valence-corrected chi connectivity index (χ2v) is 8.43. The predicted octanol–water partition coefficient (Wildman–Crippen LogP) is 1.40. The van der Waals surface area contributed by atoms with Gasteiger partial charge in [0.1, 0.15) is 5.82 Å². The number of aromatic nitrogens is 4. The minimum absolute atomic E-state index is 0.140. The summed E-state index contributed by atoms with van der Waals surface area (Å²) in [6.07, 6.45) is 0.279. The summed E-state index contributed by atoms with van der Waals surface area (Å²) in [6, 6.07) is 8.26. The molecule has 0 amide bonds. The van der Waals surface area contributed by atoms with Crippen LogP contribution in [0.4, 0.5) is 0 Å². The zero-order valence-electron chi connectivity index (χ0n) is 18.3. The number of aryl methyl sites for hydroxylation is 2. The fourth-order valence-electron chi connectivity index (χ4n) is 4.27. The Bertz CT molecular complexity index is 1180. The van der Waals surface area contributed by atoms with Crippen LogP contribution in [0, 0.1) is 6.92 Å². The van der Waals surface area contributed by atoms with E-state index in [1.165, 1.54) is 17.2 Å². The summed E-state index contributed by atoms with van der Waals surface area (Å²) in [6.45, 7) is 8.90. The molecule has 0 aliphatic carbocycles. The van der Waals surface area contributed by atoms with E-state index in [-0.39, 0.29) is 23.5 Å². The standard InChI is InChI=1S/C22H29N5O3/c1-14-6-8-17(9-7-14)12-27-18(13-26-10-15(2)30-16(3)11-26)23-20-19(27)21(28)25(5)22(29)24(20)4/h6-9,15-16H,10-13H2,1-5H3/t15-,16-/m0/s1. The van der Waals surface area contributed by atoms with Crippen molar-refractivity contribution in [3.8, 4) is 0 Å². The Hall–Kier alpha value is -2.71. The molecule has 0 saturated carbocycles. The summed E-state index contributed by atoms with van der Waals surface area (Å²) >= 11 is 0. The molecular weight excluding hydrogens is 382 g/mol. The Morgan fingerprint density at radius 3 is 2.27 bits per heavy atom. The maximum atomic E-state index is 13.0. The van der Waals surface area contributed by atoms with Gasteiger partial charge in [0.05, 0.1) is 18.8 Å². The van der Waals surface area contributed by atoms with Gasteiger partial charge in [-0.3, -0.25) is 18.8 Å². The molecule has 160 valence electrons. The highest BCUT2D eigenvalue weighted by atomic mass is 16.5. The number of hydrogen-bond acceptors (Lipinski definition) is 5. The van der Waals surface area contributed by atoms with Gasteiger partial charge in [-0.1, -0.05) is 29.8 Å². The van der Waals surface area contributed by atoms with Gasteiger partial charge in [0.25, 0.3) is 5.56 Å². The first kappa shape index (κ1) is 20.6. The fraction of sp³-hybridized carbons (Fsp3) is 0.500. The molecule has 0 radical (unpaired) electrons. The number of rotatable bonds is 4. The van der Waals surface area contributed by atoms with Gasteiger partial charge in [-0.2, -0.15) is 0 Å². The fourth-order valence-corrected chi connectivity index (χ4v) is 4.27. The monoisotopic (exact) mass is 411 g/mol. The summed E-state index contributed by atoms with van der Waals surface area (Å²) in [4.78, 5) is 32.5. The van der Waals surface area contributed by atoms with E-state index in [1.807, 2.05) is 11.5 Å². The molecule has 4 rings (SSSR count). The lowest BCUT2D eigenvalue weighted by atomic mass is 10.1. The molecule has 1 fully saturated rings. The molecule has 0 unspecified atom stereocenters. The van der Waals surface area contributed by atoms with Crippen LogP contribution in [0.5, 0.6) is 0 Å². The lowest BCUT2D eigenvalue weighted by Gasteiger charge is -2.35. The van der Waals surface area contributed by atoms with Crippen molar-refractivity contribution in [1.29, 1.82) is 0 Å². The van der Waals surface area contributed by atoms with Crippen molar-refractivity contribution in [2.45, 2.75) is 46.1 Å². The van der Waals surface area contributed by atoms with E-state index in [4.69, 9.17) is 9.72 Å². The Kier molecular flexibility index (Phi) is 5.38. The molecule has 0 bridgehead atoms. The van der Waals surface area contributed by atoms with Crippen LogP contribution < -0.4 is 11.2 Å². The minimum atomic E-state index is -0.368. The van der Waals surface area contributed by atoms with Crippen LogP contribution in [0.15, 0.2) is 33.9 Å². The molecule has 1 saturated heterocycles. The van der Waals surface area contributed by atoms with Crippen LogP contribution in [-0.4, -0.2) is 48.9 Å². The predicted molar refractivity (Wildman–Crippen MR) is 116 cm³/mol. The molecule has 8 heteroatoms. The van der Waals surface area contributed by atoms with Crippen LogP contribution >= 0.6 is 0 Å². The van der Waals surface area contributed by atoms with Gasteiger partial charge in [0, 0.05) is 33.7 Å². The highest BCUT2D eigenvalue weighted by molar-refractivity contribution is 5.71. The lowest BCUT2D eigenvalue weighted by molar-refractivity contribution is -0.0712. The highest BCUT2D eigenvalue weighted by Crippen LogP contribution is 2.19. The first-order valence-electron chi connectivity index (χ1n) is 10.3. The van der Waals surface area contributed by atoms with E-state index in [0.717, 1.165) is 29.0 Å². The molecule has 1 aliphatic rings. The Morgan fingerprint density at radius 1 is 1.00 bits per heavy atom. The van der Waals surface area contributed by atoms with Gasteiger partial charge in [-0.15, -0.1) is 0 Å². The molecule has 8 nitrogen and oxygen atoms in total. The van der Waals surface area contributed by atoms with Crippen molar-refractivity contribution in [3.63, 3.8) is 0 Å². The maximum absolute atomic E-state index is 13.0. The van der Waals surface area contributed by atoms with E-state index < -0.39 is 0 Å². The van der Waals surface area contributed by atoms with E-state index in [2.05, 4.69) is 43.0 Å². The number of ether oxygens (including phenoxy) is 1. The summed E-state index contributed by atoms with van der Waals surface area (Å²) < 4.78 is 10.4. The number of hydrogen-bond donors (Lipinski definition) is 0. The van der Waals surface area contributed by atoms with E-state index in [9.17, 15) is 9.59 Å². The SMILES string of the molecule is Cc1ccc(Cn2c(CN3C[C@H](C)O[C@@H](C)C3)nc3c2c(=O)n(C)c(=O)n3C)cc1. The van der Waals surface area contributed by atoms with E-state index in [0.29, 0.717) is 24.3 Å². The molecule has 3 aromatic rings. The molecule has 0 spiro atoms. The van der Waals surface area contributed by atoms with Crippen LogP contribution in [0.2, 0.25) is 0 Å². The first-order valence-corrected chi connectivity index (χ1v) is 10.3. The van der Waals surface area contributed by atoms with Crippen molar-refractivity contribution >= 4 is 11.2 Å². The van der Waals surface area contributed by atoms with Crippen molar-refractivity contribution in [3.05, 3.63) is 62.1 Å². The minimum Gasteiger partial charge on any atom is -0.373 e. The molecule has 3 heterocycles. The zero-order chi connectivity index (χ0) is 21.6. The average molecular weight is 412 g/mol. The van der Waals surface area contributed by atoms with Crippen molar-refractivity contribution in [2.24, 2.45) is 14.1 Å². The summed E-state index contributed by atoms with van der Waals surface area (Å²) in [5, 5.41) is 0. The van der Waals surface area contributed by atoms with E-state index >= 15 is 0 Å². The molecule has 2 atom stereocenters. The van der Waals surface area contributed by atoms with E-state index in [1.54, 1.807) is 7.05 Å². The van der Waals surface area contributed by atoms with Crippen LogP contribution in [0.1, 0.15) is 30.8 Å². The maximum Gasteiger partial charge on any atom is 0.332 e. The Balaban J connectivity index is 1.84. The van der Waals surface area contributed by atoms with Crippen molar-refractivity contribution in [1.82, 2.24) is 23.6 Å². The van der Waals surface area contributed by atoms with Crippen molar-refractivity contribution in [2.75, 3.05) is 13.1 Å². The second kappa shape index (κ2) is 7.85. The number of morpholine rings is 1. The molecule has 30 heavy (non-hydrogen) atoms. The zero-order valence-corrected chi connectivity index (χ0v) is 18.3. The molecular formula is C22H29N5O3. The van der Waals surface area contributed by atoms with Crippen LogP contribution in [0.25, 0.3) is 11.2 Å². The highest BCUT2D eigenvalue weighted by Gasteiger charge is 2.25. The summed E-state index contributed by atoms with van der Waals surface area (Å²) in [7, 11) is 3.17. The topological polar surface area (TPSA) is 74.3 Å². The normalized spacial score (nSPS) is 20.2. The van der Waals surface area contributed by atoms with Gasteiger partial charge < -0.3 is 9.30 Å². The number of imidazole rings is 1. The quantitative estimate of drug-likeness (QED) is 0.649. The lowest BCUT2D eigenvalue weighted by Crippen LogP contribution is -2.45. The molecule has 1 aromatic carbocycles. The average Bonchev–Trinajstić information content (AvgIpc) is 3.03. The molecule has 1 aliphatic heterocycles. The summed E-state index contributed by atoms with van der Waals surface area (Å²) in [5.41, 5.74) is 2.48. The summed E-state index contributed by atoms with van der Waals surface area (Å²) in [5.74, 6) is 0.783. The third-order valence-corrected chi connectivity index (χ3v) is 5.75. The third-order valence-electron chi connectivity index (χ3n) is 5.75. The number of nitrogens with zero attached hydrogens (tertiary/aromatic N) is 5. The smallest absolute Gasteiger partial charge is 0.332 e. The molecule has 2 aromatic heterocycles. The Labute approximate surface area is 175 Å². The largest absolute Gasteiger partial charge is 0.373 e. The van der Waals surface area contributed by atoms with Crippen molar-refractivity contribution < 1.29 is 4.74 Å². The van der Waals surface area contributed by atoms with Gasteiger partial charge in [0.2, 0.25) is 0 Å². The van der Waals surface area contributed by atoms with Gasteiger partial charge >= 0.3 is 5.69 Å². The second-order valence-electron chi connectivity index (χ2n) is 8.43. The number of fused-ring (bicyclic) bond motifs is 1. The van der Waals surface area contributed by atoms with Gasteiger partial charge in [-0.05, 0) is 26.3 Å². The first-order chi connectivity index (χ1) is 14.2. The van der Waals surface area contributed by atoms with Crippen LogP contribution in [0.3, 0.4) is 0 Å². The third kappa shape index (κ3) is 3.73. The van der Waals surface area contributed by atoms with Gasteiger partial charge in [0.15, 0.2) is 11.2 Å². The molecule has 0 N–H and O–H groups in total. The Morgan fingerprint density at radius 2 is 1.63 bits per heavy atom.